The summed E-state index contributed by atoms with van der Waals surface area (Å²) in [6.07, 6.45) is -6.64. The number of aromatic nitrogens is 1. The van der Waals surface area contributed by atoms with Crippen molar-refractivity contribution in [2.45, 2.75) is 50.2 Å². The van der Waals surface area contributed by atoms with Crippen molar-refractivity contribution < 1.29 is 35.9 Å². The monoisotopic (exact) mass is 447 g/mol. The van der Waals surface area contributed by atoms with E-state index in [9.17, 15) is 31.1 Å². The minimum absolute atomic E-state index is 0.0749. The van der Waals surface area contributed by atoms with Crippen LogP contribution in [0.3, 0.4) is 0 Å². The standard InChI is InChI=1S/C20H19F6N3O2/c21-19(22,23)12-5-10-17(27-11-12)31-14-8-6-13(7-9-14)28-18(30)29-16-4-2-1-3-15(16)20(24,25)26/h1-5,10-11,13-14H,6-9H2,(H2,28,29,30). The summed E-state index contributed by atoms with van der Waals surface area (Å²) < 4.78 is 82.3. The summed E-state index contributed by atoms with van der Waals surface area (Å²) >= 11 is 0. The van der Waals surface area contributed by atoms with E-state index in [2.05, 4.69) is 15.6 Å². The molecule has 3 rings (SSSR count). The third-order valence-corrected chi connectivity index (χ3v) is 4.84. The molecule has 1 fully saturated rings. The van der Waals surface area contributed by atoms with Crippen molar-refractivity contribution >= 4 is 11.7 Å². The van der Waals surface area contributed by atoms with Crippen molar-refractivity contribution in [1.82, 2.24) is 10.3 Å². The third kappa shape index (κ3) is 6.25. The van der Waals surface area contributed by atoms with E-state index in [0.717, 1.165) is 18.2 Å². The number of amides is 2. The fraction of sp³-hybridized carbons (Fsp3) is 0.400. The van der Waals surface area contributed by atoms with Gasteiger partial charge in [-0.15, -0.1) is 0 Å². The zero-order chi connectivity index (χ0) is 22.6. The van der Waals surface area contributed by atoms with Crippen LogP contribution in [0.4, 0.5) is 36.8 Å². The number of carbonyl (C=O) groups is 1. The highest BCUT2D eigenvalue weighted by molar-refractivity contribution is 5.90. The summed E-state index contributed by atoms with van der Waals surface area (Å²) in [6.45, 7) is 0. The SMILES string of the molecule is O=C(Nc1ccccc1C(F)(F)F)NC1CCC(Oc2ccc(C(F)(F)F)cn2)CC1. The first-order valence-corrected chi connectivity index (χ1v) is 9.46. The normalized spacial score (nSPS) is 19.5. The van der Waals surface area contributed by atoms with Gasteiger partial charge in [0, 0.05) is 18.3 Å². The van der Waals surface area contributed by atoms with Gasteiger partial charge in [-0.05, 0) is 43.9 Å². The van der Waals surface area contributed by atoms with Gasteiger partial charge in [-0.1, -0.05) is 12.1 Å². The molecule has 0 spiro atoms. The second-order valence-corrected chi connectivity index (χ2v) is 7.12. The Morgan fingerprint density at radius 2 is 1.61 bits per heavy atom. The number of benzene rings is 1. The first-order valence-electron chi connectivity index (χ1n) is 9.46. The molecule has 1 saturated carbocycles. The molecule has 0 bridgehead atoms. The zero-order valence-corrected chi connectivity index (χ0v) is 16.1. The molecule has 31 heavy (non-hydrogen) atoms. The summed E-state index contributed by atoms with van der Waals surface area (Å²) in [4.78, 5) is 15.8. The number of halogens is 6. The number of hydrogen-bond acceptors (Lipinski definition) is 3. The van der Waals surface area contributed by atoms with E-state index in [1.807, 2.05) is 0 Å². The molecule has 0 saturated heterocycles. The Hall–Kier alpha value is -2.98. The van der Waals surface area contributed by atoms with Gasteiger partial charge in [0.05, 0.1) is 16.8 Å². The molecule has 2 amide bonds. The average Bonchev–Trinajstić information content (AvgIpc) is 2.69. The molecule has 2 aromatic rings. The molecule has 168 valence electrons. The molecule has 1 aliphatic carbocycles. The van der Waals surface area contributed by atoms with Gasteiger partial charge < -0.3 is 15.4 Å². The number of rotatable bonds is 4. The van der Waals surface area contributed by atoms with Gasteiger partial charge in [-0.3, -0.25) is 0 Å². The first kappa shape index (κ1) is 22.7. The Labute approximate surface area is 173 Å². The first-order chi connectivity index (χ1) is 14.5. The van der Waals surface area contributed by atoms with Crippen LogP contribution in [0.1, 0.15) is 36.8 Å². The maximum absolute atomic E-state index is 13.0. The largest absolute Gasteiger partial charge is 0.474 e. The Kier molecular flexibility index (Phi) is 6.61. The Morgan fingerprint density at radius 1 is 0.935 bits per heavy atom. The summed E-state index contributed by atoms with van der Waals surface area (Å²) in [5, 5.41) is 4.87. The number of carbonyl (C=O) groups excluding carboxylic acids is 1. The van der Waals surface area contributed by atoms with Crippen molar-refractivity contribution in [1.29, 1.82) is 0 Å². The molecule has 1 aromatic heterocycles. The Balaban J connectivity index is 1.48. The van der Waals surface area contributed by atoms with Crippen LogP contribution >= 0.6 is 0 Å². The van der Waals surface area contributed by atoms with Crippen LogP contribution in [-0.4, -0.2) is 23.2 Å². The molecule has 5 nitrogen and oxygen atoms in total. The lowest BCUT2D eigenvalue weighted by molar-refractivity contribution is -0.138. The number of anilines is 1. The molecule has 0 atom stereocenters. The van der Waals surface area contributed by atoms with Gasteiger partial charge in [0.25, 0.3) is 0 Å². The maximum atomic E-state index is 13.0. The summed E-state index contributed by atoms with van der Waals surface area (Å²) in [5.41, 5.74) is -2.14. The van der Waals surface area contributed by atoms with Crippen LogP contribution in [0.15, 0.2) is 42.6 Å². The molecular formula is C20H19F6N3O2. The van der Waals surface area contributed by atoms with Crippen molar-refractivity contribution in [3.05, 3.63) is 53.7 Å². The molecule has 2 N–H and O–H groups in total. The maximum Gasteiger partial charge on any atom is 0.418 e. The number of urea groups is 1. The lowest BCUT2D eigenvalue weighted by Crippen LogP contribution is -2.42. The van der Waals surface area contributed by atoms with Gasteiger partial charge in [0.15, 0.2) is 0 Å². The minimum atomic E-state index is -4.59. The van der Waals surface area contributed by atoms with E-state index in [-0.39, 0.29) is 23.7 Å². The number of alkyl halides is 6. The van der Waals surface area contributed by atoms with Crippen LogP contribution in [-0.2, 0) is 12.4 Å². The van der Waals surface area contributed by atoms with E-state index in [1.165, 1.54) is 18.2 Å². The van der Waals surface area contributed by atoms with E-state index < -0.39 is 29.5 Å². The van der Waals surface area contributed by atoms with Gasteiger partial charge in [-0.25, -0.2) is 9.78 Å². The van der Waals surface area contributed by atoms with E-state index in [0.29, 0.717) is 31.9 Å². The van der Waals surface area contributed by atoms with Crippen molar-refractivity contribution in [2.24, 2.45) is 0 Å². The average molecular weight is 447 g/mol. The van der Waals surface area contributed by atoms with Crippen molar-refractivity contribution in [2.75, 3.05) is 5.32 Å². The van der Waals surface area contributed by atoms with Crippen LogP contribution in [0, 0.1) is 0 Å². The Morgan fingerprint density at radius 3 is 2.19 bits per heavy atom. The van der Waals surface area contributed by atoms with Gasteiger partial charge >= 0.3 is 18.4 Å². The van der Waals surface area contributed by atoms with Crippen LogP contribution in [0.5, 0.6) is 5.88 Å². The van der Waals surface area contributed by atoms with Crippen LogP contribution in [0.2, 0.25) is 0 Å². The predicted molar refractivity (Wildman–Crippen MR) is 99.5 cm³/mol. The lowest BCUT2D eigenvalue weighted by atomic mass is 9.93. The number of hydrogen-bond donors (Lipinski definition) is 2. The van der Waals surface area contributed by atoms with E-state index in [4.69, 9.17) is 4.74 Å². The predicted octanol–water partition coefficient (Wildman–Crippen LogP) is 5.63. The van der Waals surface area contributed by atoms with Gasteiger partial charge in [-0.2, -0.15) is 26.3 Å². The zero-order valence-electron chi connectivity index (χ0n) is 16.1. The van der Waals surface area contributed by atoms with E-state index >= 15 is 0 Å². The van der Waals surface area contributed by atoms with Gasteiger partial charge in [0.1, 0.15) is 6.10 Å². The quantitative estimate of drug-likeness (QED) is 0.597. The molecule has 0 radical (unpaired) electrons. The summed E-state index contributed by atoms with van der Waals surface area (Å²) in [7, 11) is 0. The molecular weight excluding hydrogens is 428 g/mol. The molecule has 11 heteroatoms. The molecule has 1 heterocycles. The molecule has 1 aromatic carbocycles. The fourth-order valence-corrected chi connectivity index (χ4v) is 3.30. The van der Waals surface area contributed by atoms with Crippen LogP contribution in [0.25, 0.3) is 0 Å². The summed E-state index contributed by atoms with van der Waals surface area (Å²) in [6, 6.07) is 5.71. The number of pyridine rings is 1. The number of nitrogens with one attached hydrogen (secondary N) is 2. The highest BCUT2D eigenvalue weighted by Gasteiger charge is 2.34. The van der Waals surface area contributed by atoms with Crippen LogP contribution < -0.4 is 15.4 Å². The van der Waals surface area contributed by atoms with E-state index in [1.54, 1.807) is 0 Å². The number of nitrogens with zero attached hydrogens (tertiary/aromatic N) is 1. The lowest BCUT2D eigenvalue weighted by Gasteiger charge is -2.29. The second-order valence-electron chi connectivity index (χ2n) is 7.12. The Bertz CT molecular complexity index is 891. The summed E-state index contributed by atoms with van der Waals surface area (Å²) in [5.74, 6) is 0.0749. The smallest absolute Gasteiger partial charge is 0.418 e. The fourth-order valence-electron chi connectivity index (χ4n) is 3.30. The van der Waals surface area contributed by atoms with Crippen molar-refractivity contribution in [3.8, 4) is 5.88 Å². The second kappa shape index (κ2) is 9.03. The highest BCUT2D eigenvalue weighted by Crippen LogP contribution is 2.34. The topological polar surface area (TPSA) is 63.2 Å². The number of para-hydroxylation sites is 1. The number of ether oxygens (including phenoxy) is 1. The molecule has 0 unspecified atom stereocenters. The highest BCUT2D eigenvalue weighted by atomic mass is 19.4. The molecule has 1 aliphatic rings. The molecule has 0 aliphatic heterocycles. The third-order valence-electron chi connectivity index (χ3n) is 4.84. The minimum Gasteiger partial charge on any atom is -0.474 e. The van der Waals surface area contributed by atoms with Crippen molar-refractivity contribution in [3.63, 3.8) is 0 Å². The van der Waals surface area contributed by atoms with Gasteiger partial charge in [0.2, 0.25) is 5.88 Å².